The Hall–Kier alpha value is -3.68. The van der Waals surface area contributed by atoms with Crippen LogP contribution in [0.4, 0.5) is 4.39 Å². The highest BCUT2D eigenvalue weighted by molar-refractivity contribution is 5.94. The molecule has 0 saturated carbocycles. The summed E-state index contributed by atoms with van der Waals surface area (Å²) in [7, 11) is 1.51. The van der Waals surface area contributed by atoms with E-state index in [1.807, 2.05) is 0 Å². The second-order valence-corrected chi connectivity index (χ2v) is 9.03. The lowest BCUT2D eigenvalue weighted by molar-refractivity contribution is 0.00413. The van der Waals surface area contributed by atoms with Crippen molar-refractivity contribution < 1.29 is 28.5 Å². The number of hydrogen-bond donors (Lipinski definition) is 2. The summed E-state index contributed by atoms with van der Waals surface area (Å²) < 4.78 is 33.1. The average molecular weight is 515 g/mol. The standard InChI is InChI=1S/C24H27FN6O6/c1-35-12-18-27-14-31(29-18)17-10-16(25)3-2-15(17)11-26-21(33)19-20(32)22(34)30-6-9-37-13-24(23(30)28-19)4-7-36-8-5-24/h2-3,10,14,32H,4-9,11-13H2,1H3,(H,26,33). The van der Waals surface area contributed by atoms with Gasteiger partial charge in [-0.15, -0.1) is 5.10 Å². The maximum atomic E-state index is 14.0. The Labute approximate surface area is 211 Å². The van der Waals surface area contributed by atoms with Gasteiger partial charge in [-0.2, -0.15) is 0 Å². The molecule has 1 spiro atoms. The molecule has 2 aliphatic heterocycles. The number of benzene rings is 1. The van der Waals surface area contributed by atoms with Crippen molar-refractivity contribution in [2.45, 2.75) is 38.0 Å². The summed E-state index contributed by atoms with van der Waals surface area (Å²) in [6.45, 7) is 1.95. The van der Waals surface area contributed by atoms with Gasteiger partial charge in [0, 0.05) is 26.9 Å². The summed E-state index contributed by atoms with van der Waals surface area (Å²) in [5, 5.41) is 17.6. The van der Waals surface area contributed by atoms with E-state index in [0.29, 0.717) is 62.2 Å². The number of nitrogens with one attached hydrogen (secondary N) is 1. The number of methoxy groups -OCH3 is 1. The highest BCUT2D eigenvalue weighted by atomic mass is 19.1. The molecule has 1 fully saturated rings. The van der Waals surface area contributed by atoms with Crippen molar-refractivity contribution >= 4 is 5.91 Å². The average Bonchev–Trinajstić information content (AvgIpc) is 3.30. The number of rotatable bonds is 6. The van der Waals surface area contributed by atoms with Crippen LogP contribution in [-0.2, 0) is 39.3 Å². The van der Waals surface area contributed by atoms with E-state index in [0.717, 1.165) is 0 Å². The zero-order valence-electron chi connectivity index (χ0n) is 20.3. The highest BCUT2D eigenvalue weighted by Crippen LogP contribution is 2.35. The van der Waals surface area contributed by atoms with Crippen LogP contribution in [0.2, 0.25) is 0 Å². The van der Waals surface area contributed by atoms with Crippen molar-refractivity contribution in [3.05, 3.63) is 63.6 Å². The summed E-state index contributed by atoms with van der Waals surface area (Å²) in [4.78, 5) is 34.9. The van der Waals surface area contributed by atoms with Crippen LogP contribution >= 0.6 is 0 Å². The maximum absolute atomic E-state index is 14.0. The number of amides is 1. The summed E-state index contributed by atoms with van der Waals surface area (Å²) in [6, 6.07) is 4.04. The molecule has 1 aromatic carbocycles. The van der Waals surface area contributed by atoms with Crippen LogP contribution in [0, 0.1) is 5.82 Å². The summed E-state index contributed by atoms with van der Waals surface area (Å²) in [6.07, 6.45) is 2.57. The Morgan fingerprint density at radius 1 is 1.27 bits per heavy atom. The lowest BCUT2D eigenvalue weighted by Gasteiger charge is -2.35. The van der Waals surface area contributed by atoms with Gasteiger partial charge in [0.2, 0.25) is 5.75 Å². The third-order valence-corrected chi connectivity index (χ3v) is 6.67. The molecule has 0 radical (unpaired) electrons. The molecule has 1 amide bonds. The van der Waals surface area contributed by atoms with E-state index >= 15 is 0 Å². The predicted octanol–water partition coefficient (Wildman–Crippen LogP) is 0.823. The first-order valence-corrected chi connectivity index (χ1v) is 11.9. The largest absolute Gasteiger partial charge is 0.501 e. The van der Waals surface area contributed by atoms with Gasteiger partial charge in [-0.05, 0) is 30.5 Å². The van der Waals surface area contributed by atoms with E-state index in [2.05, 4.69) is 20.4 Å². The van der Waals surface area contributed by atoms with Gasteiger partial charge in [-0.1, -0.05) is 6.07 Å². The number of nitrogens with zero attached hydrogens (tertiary/aromatic N) is 5. The number of hydrogen-bond acceptors (Lipinski definition) is 9. The molecule has 13 heteroatoms. The lowest BCUT2D eigenvalue weighted by Crippen LogP contribution is -2.43. The molecular weight excluding hydrogens is 487 g/mol. The van der Waals surface area contributed by atoms with E-state index in [1.54, 1.807) is 0 Å². The quantitative estimate of drug-likeness (QED) is 0.489. The third kappa shape index (κ3) is 4.84. The van der Waals surface area contributed by atoms with Crippen molar-refractivity contribution in [1.29, 1.82) is 0 Å². The van der Waals surface area contributed by atoms with Gasteiger partial charge in [0.05, 0.1) is 30.9 Å². The monoisotopic (exact) mass is 514 g/mol. The normalized spacial score (nSPS) is 16.8. The topological polar surface area (TPSA) is 143 Å². The highest BCUT2D eigenvalue weighted by Gasteiger charge is 2.41. The predicted molar refractivity (Wildman–Crippen MR) is 126 cm³/mol. The second-order valence-electron chi connectivity index (χ2n) is 9.03. The molecule has 5 rings (SSSR count). The first-order chi connectivity index (χ1) is 17.9. The third-order valence-electron chi connectivity index (χ3n) is 6.67. The summed E-state index contributed by atoms with van der Waals surface area (Å²) in [5.41, 5.74) is -0.747. The molecule has 2 N–H and O–H groups in total. The van der Waals surface area contributed by atoms with Gasteiger partial charge in [-0.25, -0.2) is 19.0 Å². The minimum atomic E-state index is -0.737. The van der Waals surface area contributed by atoms with Crippen molar-refractivity contribution in [1.82, 2.24) is 29.6 Å². The van der Waals surface area contributed by atoms with E-state index in [4.69, 9.17) is 14.2 Å². The Morgan fingerprint density at radius 3 is 2.86 bits per heavy atom. The first kappa shape index (κ1) is 25.0. The van der Waals surface area contributed by atoms with E-state index in [-0.39, 0.29) is 25.4 Å². The number of carbonyl (C=O) groups excluding carboxylic acids is 1. The van der Waals surface area contributed by atoms with Gasteiger partial charge in [0.15, 0.2) is 11.5 Å². The molecule has 0 unspecified atom stereocenters. The van der Waals surface area contributed by atoms with Crippen LogP contribution in [0.5, 0.6) is 5.75 Å². The van der Waals surface area contributed by atoms with Crippen LogP contribution in [0.15, 0.2) is 29.3 Å². The molecule has 1 saturated heterocycles. The van der Waals surface area contributed by atoms with Gasteiger partial charge >= 0.3 is 0 Å². The maximum Gasteiger partial charge on any atom is 0.296 e. The molecule has 0 atom stereocenters. The number of aromatic hydroxyl groups is 1. The lowest BCUT2D eigenvalue weighted by atomic mass is 9.80. The van der Waals surface area contributed by atoms with Crippen LogP contribution in [-0.4, -0.2) is 68.9 Å². The fraction of sp³-hybridized carbons (Fsp3) is 0.458. The minimum absolute atomic E-state index is 0.0461. The molecule has 3 aromatic rings. The zero-order valence-corrected chi connectivity index (χ0v) is 20.3. The smallest absolute Gasteiger partial charge is 0.296 e. The minimum Gasteiger partial charge on any atom is -0.501 e. The molecule has 37 heavy (non-hydrogen) atoms. The van der Waals surface area contributed by atoms with Gasteiger partial charge in [0.25, 0.3) is 11.5 Å². The van der Waals surface area contributed by atoms with Gasteiger partial charge < -0.3 is 24.6 Å². The van der Waals surface area contributed by atoms with Crippen LogP contribution in [0.1, 0.15) is 40.5 Å². The fourth-order valence-electron chi connectivity index (χ4n) is 4.70. The van der Waals surface area contributed by atoms with E-state index < -0.39 is 28.4 Å². The SMILES string of the molecule is COCc1ncn(-c2cc(F)ccc2CNC(=O)c2nc3n(c(=O)c2O)CCOCC32CCOCC2)n1. The number of halogens is 1. The van der Waals surface area contributed by atoms with Crippen molar-refractivity contribution in [2.24, 2.45) is 0 Å². The van der Waals surface area contributed by atoms with Crippen molar-refractivity contribution in [2.75, 3.05) is 33.5 Å². The number of carbonyl (C=O) groups is 1. The van der Waals surface area contributed by atoms with E-state index in [9.17, 15) is 19.1 Å². The fourth-order valence-corrected chi connectivity index (χ4v) is 4.70. The molecule has 196 valence electrons. The Kier molecular flexibility index (Phi) is 7.00. The van der Waals surface area contributed by atoms with Crippen molar-refractivity contribution in [3.63, 3.8) is 0 Å². The van der Waals surface area contributed by atoms with Crippen LogP contribution in [0.3, 0.4) is 0 Å². The summed E-state index contributed by atoms with van der Waals surface area (Å²) in [5.74, 6) is -1.13. The zero-order chi connectivity index (χ0) is 26.0. The second kappa shape index (κ2) is 10.4. The Morgan fingerprint density at radius 2 is 2.08 bits per heavy atom. The molecule has 0 bridgehead atoms. The Balaban J connectivity index is 1.44. The van der Waals surface area contributed by atoms with E-state index in [1.165, 1.54) is 40.9 Å². The number of aromatic nitrogens is 5. The molecule has 0 aliphatic carbocycles. The van der Waals surface area contributed by atoms with Gasteiger partial charge in [-0.3, -0.25) is 14.2 Å². The first-order valence-electron chi connectivity index (χ1n) is 11.9. The number of fused-ring (bicyclic) bond motifs is 2. The summed E-state index contributed by atoms with van der Waals surface area (Å²) >= 11 is 0. The molecule has 2 aromatic heterocycles. The van der Waals surface area contributed by atoms with Crippen molar-refractivity contribution in [3.8, 4) is 11.4 Å². The molecular formula is C24H27FN6O6. The Bertz CT molecular complexity index is 1370. The molecule has 2 aliphatic rings. The molecule has 12 nitrogen and oxygen atoms in total. The van der Waals surface area contributed by atoms with Gasteiger partial charge in [0.1, 0.15) is 24.6 Å². The number of ether oxygens (including phenoxy) is 3. The molecule has 4 heterocycles. The van der Waals surface area contributed by atoms with Crippen LogP contribution < -0.4 is 10.9 Å². The van der Waals surface area contributed by atoms with Crippen LogP contribution in [0.25, 0.3) is 5.69 Å².